The Morgan fingerprint density at radius 2 is 2.12 bits per heavy atom. The summed E-state index contributed by atoms with van der Waals surface area (Å²) in [5.74, 6) is 0.328. The Hall–Kier alpha value is -1.87. The first-order valence-electron chi connectivity index (χ1n) is 8.03. The highest BCUT2D eigenvalue weighted by Crippen LogP contribution is 2.34. The van der Waals surface area contributed by atoms with Gasteiger partial charge in [0.1, 0.15) is 6.04 Å². The number of benzene rings is 1. The largest absolute Gasteiger partial charge is 0.325 e. The van der Waals surface area contributed by atoms with Crippen molar-refractivity contribution in [3.8, 4) is 0 Å². The number of rotatable bonds is 3. The molecule has 0 aliphatic carbocycles. The second-order valence-corrected chi connectivity index (χ2v) is 8.45. The number of hydrogen-bond donors (Lipinski definition) is 4. The summed E-state index contributed by atoms with van der Waals surface area (Å²) in [6, 6.07) is 9.63. The van der Waals surface area contributed by atoms with Crippen LogP contribution in [0.15, 0.2) is 35.2 Å². The molecule has 2 amide bonds. The van der Waals surface area contributed by atoms with Crippen LogP contribution in [0.5, 0.6) is 0 Å². The lowest BCUT2D eigenvalue weighted by atomic mass is 10.1. The van der Waals surface area contributed by atoms with Crippen molar-refractivity contribution < 1.29 is 9.59 Å². The minimum Gasteiger partial charge on any atom is -0.325 e. The highest BCUT2D eigenvalue weighted by molar-refractivity contribution is 8.00. The van der Waals surface area contributed by atoms with E-state index in [4.69, 9.17) is 0 Å². The molecular formula is C17H18N4O2S2. The van der Waals surface area contributed by atoms with Gasteiger partial charge in [0, 0.05) is 20.3 Å². The molecule has 2 atom stereocenters. The number of hydrazine groups is 1. The highest BCUT2D eigenvalue weighted by Gasteiger charge is 2.31. The Morgan fingerprint density at radius 1 is 1.24 bits per heavy atom. The van der Waals surface area contributed by atoms with Gasteiger partial charge in [-0.3, -0.25) is 9.59 Å². The molecule has 0 saturated carbocycles. The summed E-state index contributed by atoms with van der Waals surface area (Å²) < 4.78 is 0. The van der Waals surface area contributed by atoms with Crippen LogP contribution < -0.4 is 21.5 Å². The lowest BCUT2D eigenvalue weighted by molar-refractivity contribution is -0.118. The Kier molecular flexibility index (Phi) is 4.51. The van der Waals surface area contributed by atoms with E-state index in [0.717, 1.165) is 10.6 Å². The van der Waals surface area contributed by atoms with E-state index < -0.39 is 0 Å². The minimum absolute atomic E-state index is 0.0169. The highest BCUT2D eigenvalue weighted by atomic mass is 32.2. The van der Waals surface area contributed by atoms with Crippen LogP contribution in [0.2, 0.25) is 0 Å². The predicted molar refractivity (Wildman–Crippen MR) is 101 cm³/mol. The third-order valence-electron chi connectivity index (χ3n) is 4.20. The molecule has 2 unspecified atom stereocenters. The summed E-state index contributed by atoms with van der Waals surface area (Å²) >= 11 is 3.25. The maximum absolute atomic E-state index is 12.5. The standard InChI is InChI=1S/C17H18N4O2S2/c1-9-2-4-15(25-9)12-7-13(21-20-12)17(23)18-10-3-5-14-11(6-10)19-16(22)8-24-14/h2-6,12-13,20-21H,7-8H2,1H3,(H,18,23)(H,19,22). The topological polar surface area (TPSA) is 82.3 Å². The van der Waals surface area contributed by atoms with Crippen LogP contribution in [0.1, 0.15) is 22.2 Å². The molecule has 6 nitrogen and oxygen atoms in total. The third kappa shape index (κ3) is 3.57. The van der Waals surface area contributed by atoms with Crippen LogP contribution in [0.3, 0.4) is 0 Å². The molecule has 2 aliphatic rings. The zero-order chi connectivity index (χ0) is 17.4. The maximum Gasteiger partial charge on any atom is 0.242 e. The fourth-order valence-electron chi connectivity index (χ4n) is 2.95. The maximum atomic E-state index is 12.5. The van der Waals surface area contributed by atoms with Gasteiger partial charge in [-0.05, 0) is 43.7 Å². The molecule has 130 valence electrons. The number of carbonyl (C=O) groups is 2. The summed E-state index contributed by atoms with van der Waals surface area (Å²) in [6.45, 7) is 2.08. The first-order valence-corrected chi connectivity index (χ1v) is 9.83. The van der Waals surface area contributed by atoms with Crippen LogP contribution in [0, 0.1) is 6.92 Å². The molecule has 2 aliphatic heterocycles. The average molecular weight is 374 g/mol. The van der Waals surface area contributed by atoms with E-state index in [-0.39, 0.29) is 23.9 Å². The Morgan fingerprint density at radius 3 is 2.92 bits per heavy atom. The van der Waals surface area contributed by atoms with Crippen LogP contribution in [0.4, 0.5) is 11.4 Å². The van der Waals surface area contributed by atoms with Crippen LogP contribution >= 0.6 is 23.1 Å². The van der Waals surface area contributed by atoms with Gasteiger partial charge in [0.15, 0.2) is 0 Å². The monoisotopic (exact) mass is 374 g/mol. The van der Waals surface area contributed by atoms with E-state index in [1.54, 1.807) is 17.4 Å². The number of aryl methyl sites for hydroxylation is 1. The number of thiophene rings is 1. The Balaban J connectivity index is 1.41. The van der Waals surface area contributed by atoms with Gasteiger partial charge in [-0.2, -0.15) is 0 Å². The summed E-state index contributed by atoms with van der Waals surface area (Å²) in [4.78, 5) is 27.5. The zero-order valence-electron chi connectivity index (χ0n) is 13.6. The molecule has 25 heavy (non-hydrogen) atoms. The van der Waals surface area contributed by atoms with Crippen molar-refractivity contribution in [3.05, 3.63) is 40.1 Å². The first-order chi connectivity index (χ1) is 12.1. The van der Waals surface area contributed by atoms with Gasteiger partial charge in [0.2, 0.25) is 11.8 Å². The van der Waals surface area contributed by atoms with Gasteiger partial charge in [-0.25, -0.2) is 10.9 Å². The van der Waals surface area contributed by atoms with Crippen LogP contribution in [0.25, 0.3) is 0 Å². The van der Waals surface area contributed by atoms with Crippen LogP contribution in [-0.4, -0.2) is 23.6 Å². The van der Waals surface area contributed by atoms with Crippen molar-refractivity contribution >= 4 is 46.3 Å². The Bertz CT molecular complexity index is 836. The number of hydrogen-bond acceptors (Lipinski definition) is 6. The average Bonchev–Trinajstić information content (AvgIpc) is 3.23. The number of thioether (sulfide) groups is 1. The smallest absolute Gasteiger partial charge is 0.242 e. The molecule has 8 heteroatoms. The van der Waals surface area contributed by atoms with E-state index >= 15 is 0 Å². The molecule has 3 heterocycles. The van der Waals surface area contributed by atoms with Crippen molar-refractivity contribution in [2.24, 2.45) is 0 Å². The Labute approximate surface area is 153 Å². The fourth-order valence-corrected chi connectivity index (χ4v) is 4.68. The van der Waals surface area contributed by atoms with E-state index in [1.165, 1.54) is 21.5 Å². The van der Waals surface area contributed by atoms with E-state index in [2.05, 4.69) is 40.5 Å². The molecule has 1 fully saturated rings. The summed E-state index contributed by atoms with van der Waals surface area (Å²) in [5, 5.41) is 5.76. The summed E-state index contributed by atoms with van der Waals surface area (Å²) in [7, 11) is 0. The summed E-state index contributed by atoms with van der Waals surface area (Å²) in [5.41, 5.74) is 7.71. The van der Waals surface area contributed by atoms with Crippen molar-refractivity contribution in [1.82, 2.24) is 10.9 Å². The predicted octanol–water partition coefficient (Wildman–Crippen LogP) is 2.65. The second kappa shape index (κ2) is 6.80. The molecule has 1 aromatic heterocycles. The van der Waals surface area contributed by atoms with Crippen molar-refractivity contribution in [1.29, 1.82) is 0 Å². The number of anilines is 2. The molecule has 4 N–H and O–H groups in total. The fraction of sp³-hybridized carbons (Fsp3) is 0.294. The third-order valence-corrected chi connectivity index (χ3v) is 6.39. The van der Waals surface area contributed by atoms with Gasteiger partial charge >= 0.3 is 0 Å². The van der Waals surface area contributed by atoms with Gasteiger partial charge in [0.25, 0.3) is 0 Å². The van der Waals surface area contributed by atoms with Gasteiger partial charge in [-0.1, -0.05) is 0 Å². The molecule has 1 aromatic carbocycles. The number of carbonyl (C=O) groups excluding carboxylic acids is 2. The van der Waals surface area contributed by atoms with Crippen LogP contribution in [-0.2, 0) is 9.59 Å². The van der Waals surface area contributed by atoms with Gasteiger partial charge in [0.05, 0.1) is 17.5 Å². The normalized spacial score (nSPS) is 22.4. The van der Waals surface area contributed by atoms with Crippen molar-refractivity contribution in [2.75, 3.05) is 16.4 Å². The number of nitrogens with one attached hydrogen (secondary N) is 4. The lowest BCUT2D eigenvalue weighted by Crippen LogP contribution is -2.39. The van der Waals surface area contributed by atoms with E-state index in [0.29, 0.717) is 17.9 Å². The SMILES string of the molecule is Cc1ccc(C2CC(C(=O)Nc3ccc4c(c3)NC(=O)CS4)NN2)s1. The number of amides is 2. The summed E-state index contributed by atoms with van der Waals surface area (Å²) in [6.07, 6.45) is 0.698. The molecule has 1 saturated heterocycles. The van der Waals surface area contributed by atoms with Crippen molar-refractivity contribution in [3.63, 3.8) is 0 Å². The molecule has 0 bridgehead atoms. The number of fused-ring (bicyclic) bond motifs is 1. The molecule has 2 aromatic rings. The molecular weight excluding hydrogens is 356 g/mol. The quantitative estimate of drug-likeness (QED) is 0.664. The lowest BCUT2D eigenvalue weighted by Gasteiger charge is -2.18. The molecule has 0 radical (unpaired) electrons. The molecule has 4 rings (SSSR count). The van der Waals surface area contributed by atoms with Crippen molar-refractivity contribution in [2.45, 2.75) is 30.3 Å². The molecule has 0 spiro atoms. The van der Waals surface area contributed by atoms with E-state index in [1.807, 2.05) is 12.1 Å². The first kappa shape index (κ1) is 16.6. The minimum atomic E-state index is -0.299. The van der Waals surface area contributed by atoms with E-state index in [9.17, 15) is 9.59 Å². The zero-order valence-corrected chi connectivity index (χ0v) is 15.2. The van der Waals surface area contributed by atoms with Gasteiger partial charge < -0.3 is 10.6 Å². The second-order valence-electron chi connectivity index (χ2n) is 6.12. The van der Waals surface area contributed by atoms with Gasteiger partial charge in [-0.15, -0.1) is 23.1 Å².